The van der Waals surface area contributed by atoms with E-state index in [-0.39, 0.29) is 0 Å². The first-order chi connectivity index (χ1) is 26.7. The number of hydrogen-bond donors (Lipinski definition) is 0. The monoisotopic (exact) mass is 707 g/mol. The molecule has 0 amide bonds. The number of hydrogen-bond acceptors (Lipinski definition) is 5. The number of thiophene rings is 1. The topological polar surface area (TPSA) is 51.8 Å². The number of fused-ring (bicyclic) bond motifs is 7. The number of para-hydroxylation sites is 1. The third kappa shape index (κ3) is 5.09. The van der Waals surface area contributed by atoms with Gasteiger partial charge in [-0.15, -0.1) is 11.3 Å². The lowest BCUT2D eigenvalue weighted by atomic mass is 9.99. The van der Waals surface area contributed by atoms with Gasteiger partial charge in [0.1, 0.15) is 11.2 Å². The van der Waals surface area contributed by atoms with E-state index in [9.17, 15) is 0 Å². The molecule has 0 aliphatic carbocycles. The van der Waals surface area contributed by atoms with Gasteiger partial charge in [-0.05, 0) is 57.3 Å². The van der Waals surface area contributed by atoms with Gasteiger partial charge in [-0.1, -0.05) is 152 Å². The molecule has 0 fully saturated rings. The molecule has 0 aliphatic heterocycles. The number of nitrogens with zero attached hydrogens (tertiary/aromatic N) is 3. The predicted molar refractivity (Wildman–Crippen MR) is 225 cm³/mol. The summed E-state index contributed by atoms with van der Waals surface area (Å²) >= 11 is 1.87. The molecular formula is C49H29N3OS. The highest BCUT2D eigenvalue weighted by atomic mass is 32.1. The van der Waals surface area contributed by atoms with Crippen molar-refractivity contribution in [2.24, 2.45) is 0 Å². The average Bonchev–Trinajstić information content (AvgIpc) is 3.82. The van der Waals surface area contributed by atoms with Gasteiger partial charge in [0.05, 0.1) is 0 Å². The molecular weight excluding hydrogens is 679 g/mol. The summed E-state index contributed by atoms with van der Waals surface area (Å²) in [6.45, 7) is 0. The quantitative estimate of drug-likeness (QED) is 0.179. The zero-order valence-electron chi connectivity index (χ0n) is 28.9. The van der Waals surface area contributed by atoms with E-state index in [1.165, 1.54) is 42.2 Å². The van der Waals surface area contributed by atoms with Crippen LogP contribution >= 0.6 is 11.3 Å². The van der Waals surface area contributed by atoms with E-state index in [0.29, 0.717) is 17.5 Å². The average molecular weight is 708 g/mol. The van der Waals surface area contributed by atoms with Gasteiger partial charge < -0.3 is 4.42 Å². The molecule has 0 spiro atoms. The van der Waals surface area contributed by atoms with Crippen molar-refractivity contribution < 1.29 is 4.42 Å². The van der Waals surface area contributed by atoms with Crippen molar-refractivity contribution in [2.75, 3.05) is 0 Å². The van der Waals surface area contributed by atoms with Crippen LogP contribution in [0.15, 0.2) is 180 Å². The van der Waals surface area contributed by atoms with E-state index in [4.69, 9.17) is 19.4 Å². The summed E-state index contributed by atoms with van der Waals surface area (Å²) in [5, 5.41) is 7.03. The second-order valence-corrected chi connectivity index (χ2v) is 14.6. The van der Waals surface area contributed by atoms with Crippen LogP contribution in [-0.4, -0.2) is 15.0 Å². The maximum Gasteiger partial charge on any atom is 0.164 e. The van der Waals surface area contributed by atoms with Gasteiger partial charge in [0.2, 0.25) is 0 Å². The van der Waals surface area contributed by atoms with E-state index >= 15 is 0 Å². The number of benzene rings is 8. The lowest BCUT2D eigenvalue weighted by Gasteiger charge is -2.10. The van der Waals surface area contributed by atoms with Gasteiger partial charge in [-0.2, -0.15) is 0 Å². The number of aromatic nitrogens is 3. The van der Waals surface area contributed by atoms with Crippen molar-refractivity contribution in [2.45, 2.75) is 0 Å². The molecule has 0 saturated heterocycles. The molecule has 0 bridgehead atoms. The molecule has 3 aromatic heterocycles. The van der Waals surface area contributed by atoms with Gasteiger partial charge in [-0.3, -0.25) is 0 Å². The van der Waals surface area contributed by atoms with Crippen molar-refractivity contribution >= 4 is 64.2 Å². The van der Waals surface area contributed by atoms with E-state index in [1.54, 1.807) is 0 Å². The minimum atomic E-state index is 0.596. The summed E-state index contributed by atoms with van der Waals surface area (Å²) in [4.78, 5) is 15.2. The van der Waals surface area contributed by atoms with E-state index < -0.39 is 0 Å². The molecule has 0 unspecified atom stereocenters. The molecule has 5 heteroatoms. The Balaban J connectivity index is 1.03. The Morgan fingerprint density at radius 1 is 0.333 bits per heavy atom. The molecule has 0 N–H and O–H groups in total. The van der Waals surface area contributed by atoms with Gasteiger partial charge in [0.15, 0.2) is 17.5 Å². The molecule has 3 heterocycles. The van der Waals surface area contributed by atoms with E-state index in [2.05, 4.69) is 152 Å². The van der Waals surface area contributed by atoms with Crippen LogP contribution in [0.1, 0.15) is 0 Å². The van der Waals surface area contributed by atoms with Crippen LogP contribution < -0.4 is 0 Å². The summed E-state index contributed by atoms with van der Waals surface area (Å²) in [5.74, 6) is 1.84. The summed E-state index contributed by atoms with van der Waals surface area (Å²) in [6.07, 6.45) is 0. The summed E-state index contributed by atoms with van der Waals surface area (Å²) in [6, 6.07) is 61.6. The fourth-order valence-corrected chi connectivity index (χ4v) is 9.02. The molecule has 0 aliphatic rings. The van der Waals surface area contributed by atoms with Gasteiger partial charge in [-0.25, -0.2) is 15.0 Å². The Bertz CT molecular complexity index is 3220. The van der Waals surface area contributed by atoms with Gasteiger partial charge in [0.25, 0.3) is 0 Å². The Morgan fingerprint density at radius 3 is 1.59 bits per heavy atom. The van der Waals surface area contributed by atoms with Crippen LogP contribution in [0, 0.1) is 0 Å². The van der Waals surface area contributed by atoms with Crippen molar-refractivity contribution in [3.63, 3.8) is 0 Å². The molecule has 11 rings (SSSR count). The highest BCUT2D eigenvalue weighted by Crippen LogP contribution is 2.44. The Morgan fingerprint density at radius 2 is 0.852 bits per heavy atom. The molecule has 0 atom stereocenters. The largest absolute Gasteiger partial charge is 0.456 e. The standard InChI is InChI=1S/C49H29N3OS/c1-2-11-31(12-3-1)37-15-8-17-41-42-18-9-16-38(46(42)54-45(37)41)32-21-23-33(24-22-32)47-50-48(35-25-20-30-10-4-5-13-34(30)28-35)52-49(51-47)36-26-27-40-39-14-6-7-19-43(39)53-44(40)29-36/h1-29H. The first-order valence-corrected chi connectivity index (χ1v) is 18.8. The lowest BCUT2D eigenvalue weighted by Crippen LogP contribution is -2.00. The molecule has 0 radical (unpaired) electrons. The summed E-state index contributed by atoms with van der Waals surface area (Å²) in [7, 11) is 0. The highest BCUT2D eigenvalue weighted by Gasteiger charge is 2.17. The van der Waals surface area contributed by atoms with Crippen LogP contribution in [0.25, 0.3) is 109 Å². The van der Waals surface area contributed by atoms with Crippen LogP contribution in [0.4, 0.5) is 0 Å². The SMILES string of the molecule is c1ccc(-c2cccc3c2sc2c(-c4ccc(-c5nc(-c6ccc7ccccc7c6)nc(-c6ccc7c(c6)oc6ccccc67)n5)cc4)cccc23)cc1. The van der Waals surface area contributed by atoms with Crippen LogP contribution in [0.3, 0.4) is 0 Å². The van der Waals surface area contributed by atoms with E-state index in [0.717, 1.165) is 49.6 Å². The van der Waals surface area contributed by atoms with Crippen molar-refractivity contribution in [1.29, 1.82) is 0 Å². The zero-order chi connectivity index (χ0) is 35.6. The van der Waals surface area contributed by atoms with Crippen LogP contribution in [0.5, 0.6) is 0 Å². The fourth-order valence-electron chi connectivity index (χ4n) is 7.65. The molecule has 252 valence electrons. The maximum absolute atomic E-state index is 6.26. The third-order valence-electron chi connectivity index (χ3n) is 10.3. The molecule has 54 heavy (non-hydrogen) atoms. The first-order valence-electron chi connectivity index (χ1n) is 18.0. The van der Waals surface area contributed by atoms with Gasteiger partial charge >= 0.3 is 0 Å². The molecule has 4 nitrogen and oxygen atoms in total. The third-order valence-corrected chi connectivity index (χ3v) is 11.6. The van der Waals surface area contributed by atoms with Gasteiger partial charge in [0, 0.05) is 47.6 Å². The predicted octanol–water partition coefficient (Wildman–Crippen LogP) is 13.6. The van der Waals surface area contributed by atoms with E-state index in [1.807, 2.05) is 35.6 Å². The Hall–Kier alpha value is -6.95. The minimum absolute atomic E-state index is 0.596. The highest BCUT2D eigenvalue weighted by molar-refractivity contribution is 7.26. The summed E-state index contributed by atoms with van der Waals surface area (Å²) < 4.78 is 8.85. The van der Waals surface area contributed by atoms with Crippen molar-refractivity contribution in [3.8, 4) is 56.4 Å². The minimum Gasteiger partial charge on any atom is -0.456 e. The van der Waals surface area contributed by atoms with Crippen molar-refractivity contribution in [3.05, 3.63) is 176 Å². The maximum atomic E-state index is 6.26. The molecule has 11 aromatic rings. The normalized spacial score (nSPS) is 11.7. The van der Waals surface area contributed by atoms with Crippen LogP contribution in [-0.2, 0) is 0 Å². The number of rotatable bonds is 5. The van der Waals surface area contributed by atoms with Crippen molar-refractivity contribution in [1.82, 2.24) is 15.0 Å². The smallest absolute Gasteiger partial charge is 0.164 e. The lowest BCUT2D eigenvalue weighted by molar-refractivity contribution is 0.669. The molecule has 0 saturated carbocycles. The second kappa shape index (κ2) is 12.3. The van der Waals surface area contributed by atoms with Crippen LogP contribution in [0.2, 0.25) is 0 Å². The summed E-state index contributed by atoms with van der Waals surface area (Å²) in [5.41, 5.74) is 9.26. The Kier molecular flexibility index (Phi) is 7.00. The Labute approximate surface area is 314 Å². The fraction of sp³-hybridized carbons (Fsp3) is 0. The molecule has 8 aromatic carbocycles. The first kappa shape index (κ1) is 30.7. The zero-order valence-corrected chi connectivity index (χ0v) is 29.7. The number of furan rings is 1. The second-order valence-electron chi connectivity index (χ2n) is 13.6.